The van der Waals surface area contributed by atoms with Crippen molar-refractivity contribution in [3.05, 3.63) is 0 Å². The molecule has 0 unspecified atom stereocenters. The van der Waals surface area contributed by atoms with Crippen LogP contribution in [0.3, 0.4) is 0 Å². The van der Waals surface area contributed by atoms with Crippen molar-refractivity contribution in [1.82, 2.24) is 0 Å². The second kappa shape index (κ2) is 3.34. The second-order valence-corrected chi connectivity index (χ2v) is 1.99. The van der Waals surface area contributed by atoms with Crippen molar-refractivity contribution in [1.29, 1.82) is 0 Å². The van der Waals surface area contributed by atoms with Crippen LogP contribution in [0.1, 0.15) is 0 Å². The molecule has 0 aliphatic carbocycles. The summed E-state index contributed by atoms with van der Waals surface area (Å²) in [6, 6.07) is 0. The maximum Gasteiger partial charge on any atom is 0.464 e. The number of alkyl halides is 6. The molecule has 0 bridgehead atoms. The van der Waals surface area contributed by atoms with Crippen LogP contribution >= 0.6 is 15.9 Å². The van der Waals surface area contributed by atoms with Gasteiger partial charge >= 0.3 is 34.1 Å². The van der Waals surface area contributed by atoms with Gasteiger partial charge in [-0.25, -0.2) is 0 Å². The Balaban J connectivity index is 0. The van der Waals surface area contributed by atoms with E-state index in [9.17, 15) is 22.0 Å². The van der Waals surface area contributed by atoms with Crippen LogP contribution < -0.4 is 0 Å². The van der Waals surface area contributed by atoms with E-state index in [2.05, 4.69) is 0 Å². The monoisotopic (exact) mass is 224 g/mol. The summed E-state index contributed by atoms with van der Waals surface area (Å²) in [4.78, 5) is -4.75. The molecule has 7 heteroatoms. The molecule has 0 heterocycles. The molecule has 0 aliphatic heterocycles. The Bertz CT molecular complexity index is 69.9. The summed E-state index contributed by atoms with van der Waals surface area (Å²) in [7, 11) is 0. The van der Waals surface area contributed by atoms with Gasteiger partial charge in [-0.3, -0.25) is 0 Å². The lowest BCUT2D eigenvalue weighted by atomic mass is 10.7. The molecule has 0 atom stereocenters. The van der Waals surface area contributed by atoms with Crippen LogP contribution in [0.2, 0.25) is 0 Å². The first kappa shape index (κ1) is 12.6. The molecule has 0 aromatic rings. The maximum atomic E-state index is 11.0. The minimum Gasteiger partial charge on any atom is -0.183 e. The molecule has 0 aromatic heterocycles. The van der Waals surface area contributed by atoms with Gasteiger partial charge in [0.1, 0.15) is 0 Å². The molecule has 0 saturated heterocycles. The first-order chi connectivity index (χ1) is 3.25. The van der Waals surface area contributed by atoms with E-state index < -0.39 is 11.0 Å². The fourth-order valence-electron chi connectivity index (χ4n) is 0. The third-order valence-corrected chi connectivity index (χ3v) is 0.771. The van der Waals surface area contributed by atoms with E-state index in [1.165, 1.54) is 0 Å². The van der Waals surface area contributed by atoms with Crippen LogP contribution in [0.25, 0.3) is 0 Å². The first-order valence-electron chi connectivity index (χ1n) is 1.38. The zero-order valence-electron chi connectivity index (χ0n) is 3.27. The molecule has 0 aliphatic rings. The Kier molecular flexibility index (Phi) is 4.66. The van der Waals surface area contributed by atoms with Gasteiger partial charge < -0.3 is 0 Å². The van der Waals surface area contributed by atoms with Crippen LogP contribution in [0.4, 0.5) is 22.0 Å². The van der Waals surface area contributed by atoms with E-state index in [-0.39, 0.29) is 23.1 Å². The Morgan fingerprint density at radius 1 is 0.889 bits per heavy atom. The molecular weight excluding hydrogens is 223 g/mol. The van der Waals surface area contributed by atoms with E-state index in [0.717, 1.165) is 15.9 Å². The van der Waals surface area contributed by atoms with E-state index >= 15 is 0 Å². The minimum atomic E-state index is -5.48. The normalized spacial score (nSPS) is 12.7. The highest BCUT2D eigenvalue weighted by Crippen LogP contribution is 2.39. The second-order valence-electron chi connectivity index (χ2n) is 0.996. The molecular formula is C2H2BrF5Mg. The molecule has 0 amide bonds. The summed E-state index contributed by atoms with van der Waals surface area (Å²) in [5.41, 5.74) is 0. The average Bonchev–Trinajstić information content (AvgIpc) is 1.25. The Morgan fingerprint density at radius 3 is 1.00 bits per heavy atom. The molecule has 0 fully saturated rings. The van der Waals surface area contributed by atoms with Crippen molar-refractivity contribution < 1.29 is 22.0 Å². The summed E-state index contributed by atoms with van der Waals surface area (Å²) in [5.74, 6) is 0. The van der Waals surface area contributed by atoms with Crippen molar-refractivity contribution in [2.24, 2.45) is 0 Å². The zero-order valence-corrected chi connectivity index (χ0v) is 4.85. The van der Waals surface area contributed by atoms with Crippen LogP contribution in [0.15, 0.2) is 0 Å². The molecule has 0 spiro atoms. The molecule has 54 valence electrons. The highest BCUT2D eigenvalue weighted by Gasteiger charge is 2.55. The molecule has 0 saturated carbocycles. The van der Waals surface area contributed by atoms with Gasteiger partial charge in [-0.2, -0.15) is 22.0 Å². The average molecular weight is 225 g/mol. The van der Waals surface area contributed by atoms with Gasteiger partial charge in [0.2, 0.25) is 0 Å². The number of hydrogen-bond acceptors (Lipinski definition) is 0. The molecule has 0 rings (SSSR count). The van der Waals surface area contributed by atoms with Crippen LogP contribution in [0.5, 0.6) is 0 Å². The predicted octanol–water partition coefficient (Wildman–Crippen LogP) is 1.62. The Hall–Kier alpha value is 0.896. The van der Waals surface area contributed by atoms with E-state index in [4.69, 9.17) is 0 Å². The van der Waals surface area contributed by atoms with Gasteiger partial charge in [-0.1, -0.05) is 0 Å². The smallest absolute Gasteiger partial charge is 0.183 e. The minimum absolute atomic E-state index is 0. The summed E-state index contributed by atoms with van der Waals surface area (Å²) < 4.78 is 54.3. The van der Waals surface area contributed by atoms with Gasteiger partial charge in [0.05, 0.1) is 0 Å². The van der Waals surface area contributed by atoms with Crippen molar-refractivity contribution >= 4 is 39.0 Å². The lowest BCUT2D eigenvalue weighted by molar-refractivity contribution is -0.234. The highest BCUT2D eigenvalue weighted by molar-refractivity contribution is 9.10. The van der Waals surface area contributed by atoms with Crippen molar-refractivity contribution in [2.45, 2.75) is 11.0 Å². The zero-order chi connectivity index (χ0) is 7.00. The van der Waals surface area contributed by atoms with Crippen LogP contribution in [-0.2, 0) is 0 Å². The molecule has 0 aromatic carbocycles. The predicted molar refractivity (Wildman–Crippen MR) is 28.5 cm³/mol. The summed E-state index contributed by atoms with van der Waals surface area (Å²) in [6.45, 7) is 0. The van der Waals surface area contributed by atoms with E-state index in [0.29, 0.717) is 0 Å². The molecule has 9 heavy (non-hydrogen) atoms. The maximum absolute atomic E-state index is 11.0. The van der Waals surface area contributed by atoms with Gasteiger partial charge in [-0.05, 0) is 0 Å². The van der Waals surface area contributed by atoms with Crippen molar-refractivity contribution in [3.8, 4) is 0 Å². The van der Waals surface area contributed by atoms with Gasteiger partial charge in [-0.15, -0.1) is 0 Å². The lowest BCUT2D eigenvalue weighted by Crippen LogP contribution is -2.29. The number of hydrogen-bond donors (Lipinski definition) is 0. The lowest BCUT2D eigenvalue weighted by Gasteiger charge is -2.10. The van der Waals surface area contributed by atoms with E-state index in [1.807, 2.05) is 0 Å². The van der Waals surface area contributed by atoms with E-state index in [1.54, 1.807) is 0 Å². The summed E-state index contributed by atoms with van der Waals surface area (Å²) in [5, 5.41) is 0. The number of halogens is 6. The third kappa shape index (κ3) is 4.32. The SMILES string of the molecule is FC(F)(F)C(F)(F)Br.[MgH2]. The van der Waals surface area contributed by atoms with Gasteiger partial charge in [0.15, 0.2) is 0 Å². The quantitative estimate of drug-likeness (QED) is 0.334. The number of rotatable bonds is 0. The van der Waals surface area contributed by atoms with Gasteiger partial charge in [0, 0.05) is 15.9 Å². The Morgan fingerprint density at radius 2 is 1.00 bits per heavy atom. The van der Waals surface area contributed by atoms with Crippen LogP contribution in [-0.4, -0.2) is 34.1 Å². The highest BCUT2D eigenvalue weighted by atomic mass is 79.9. The topological polar surface area (TPSA) is 0 Å². The molecule has 0 nitrogen and oxygen atoms in total. The fourth-order valence-corrected chi connectivity index (χ4v) is 0. The Labute approximate surface area is 72.1 Å². The molecule has 0 radical (unpaired) electrons. The van der Waals surface area contributed by atoms with Crippen molar-refractivity contribution in [3.63, 3.8) is 0 Å². The largest absolute Gasteiger partial charge is 0.464 e. The molecule has 0 N–H and O–H groups in total. The summed E-state index contributed by atoms with van der Waals surface area (Å²) in [6.07, 6.45) is -5.48. The fraction of sp³-hybridized carbons (Fsp3) is 1.00. The first-order valence-corrected chi connectivity index (χ1v) is 2.18. The standard InChI is InChI=1S/C2BrF5.Mg.2H/c3-1(4,5)2(6,7)8;;;. The van der Waals surface area contributed by atoms with Crippen molar-refractivity contribution in [2.75, 3.05) is 0 Å². The van der Waals surface area contributed by atoms with Gasteiger partial charge in [0.25, 0.3) is 0 Å². The van der Waals surface area contributed by atoms with Crippen LogP contribution in [0, 0.1) is 0 Å². The third-order valence-electron chi connectivity index (χ3n) is 0.321. The summed E-state index contributed by atoms with van der Waals surface area (Å²) >= 11 is 1.14.